The van der Waals surface area contributed by atoms with Crippen molar-refractivity contribution in [2.45, 2.75) is 26.2 Å². The van der Waals surface area contributed by atoms with Crippen LogP contribution in [0.25, 0.3) is 10.8 Å². The van der Waals surface area contributed by atoms with Gasteiger partial charge >= 0.3 is 5.97 Å². The van der Waals surface area contributed by atoms with Gasteiger partial charge in [-0.3, -0.25) is 0 Å². The van der Waals surface area contributed by atoms with Gasteiger partial charge in [0.15, 0.2) is 0 Å². The van der Waals surface area contributed by atoms with Gasteiger partial charge in [0.2, 0.25) is 0 Å². The van der Waals surface area contributed by atoms with Gasteiger partial charge in [0.1, 0.15) is 11.4 Å². The third-order valence-corrected chi connectivity index (χ3v) is 4.35. The summed E-state index contributed by atoms with van der Waals surface area (Å²) in [6, 6.07) is 15.1. The van der Waals surface area contributed by atoms with Crippen molar-refractivity contribution in [1.29, 1.82) is 0 Å². The number of unbranched alkanes of at least 4 members (excludes halogenated alkanes) is 2. The number of methoxy groups -OCH3 is 1. The first-order chi connectivity index (χ1) is 13.7. The lowest BCUT2D eigenvalue weighted by atomic mass is 10.0. The molecule has 3 rings (SSSR count). The molecule has 4 heteroatoms. The molecule has 0 aliphatic carbocycles. The van der Waals surface area contributed by atoms with E-state index in [-0.39, 0.29) is 5.97 Å². The van der Waals surface area contributed by atoms with Crippen LogP contribution in [0.5, 0.6) is 5.75 Å². The highest BCUT2D eigenvalue weighted by Crippen LogP contribution is 2.18. The summed E-state index contributed by atoms with van der Waals surface area (Å²) < 4.78 is 10.4. The third-order valence-electron chi connectivity index (χ3n) is 4.35. The number of benzene rings is 2. The number of carbonyl (C=O) groups excluding carboxylic acids is 1. The average Bonchev–Trinajstić information content (AvgIpc) is 2.75. The Balaban J connectivity index is 1.69. The number of esters is 1. The van der Waals surface area contributed by atoms with Crippen LogP contribution in [-0.4, -0.2) is 24.7 Å². The first-order valence-corrected chi connectivity index (χ1v) is 9.42. The minimum Gasteiger partial charge on any atom is -0.492 e. The zero-order valence-corrected chi connectivity index (χ0v) is 16.2. The van der Waals surface area contributed by atoms with Crippen molar-refractivity contribution in [3.63, 3.8) is 0 Å². The fourth-order valence-corrected chi connectivity index (χ4v) is 2.79. The van der Waals surface area contributed by atoms with E-state index in [1.807, 2.05) is 42.5 Å². The van der Waals surface area contributed by atoms with E-state index in [1.54, 1.807) is 12.3 Å². The summed E-state index contributed by atoms with van der Waals surface area (Å²) in [6.45, 7) is 2.89. The van der Waals surface area contributed by atoms with E-state index >= 15 is 0 Å². The van der Waals surface area contributed by atoms with Crippen LogP contribution in [0.15, 0.2) is 54.7 Å². The summed E-state index contributed by atoms with van der Waals surface area (Å²) in [7, 11) is 1.38. The van der Waals surface area contributed by atoms with E-state index in [0.717, 1.165) is 35.1 Å². The van der Waals surface area contributed by atoms with E-state index in [1.165, 1.54) is 20.0 Å². The number of hydrogen-bond donors (Lipinski definition) is 0. The first kappa shape index (κ1) is 19.4. The average molecular weight is 373 g/mol. The maximum atomic E-state index is 11.6. The Hall–Kier alpha value is -3.32. The molecule has 0 saturated heterocycles. The predicted molar refractivity (Wildman–Crippen MR) is 111 cm³/mol. The first-order valence-electron chi connectivity index (χ1n) is 9.42. The standard InChI is InChI=1S/C24H23NO3/c1-3-4-5-14-28-23-13-12-22(25-17-23)11-7-18-6-8-20-16-21(24(26)27-2)10-9-19(20)15-18/h6,8-10,12-13,15-17H,3-5,14H2,1-2H3. The molecule has 3 aromatic rings. The number of carbonyl (C=O) groups is 1. The molecule has 1 aromatic heterocycles. The predicted octanol–water partition coefficient (Wildman–Crippen LogP) is 4.99. The maximum absolute atomic E-state index is 11.6. The van der Waals surface area contributed by atoms with Crippen LogP contribution in [0, 0.1) is 11.8 Å². The Kier molecular flexibility index (Phi) is 6.64. The highest BCUT2D eigenvalue weighted by Gasteiger charge is 2.05. The largest absolute Gasteiger partial charge is 0.492 e. The van der Waals surface area contributed by atoms with Crippen molar-refractivity contribution in [3.05, 3.63) is 71.5 Å². The van der Waals surface area contributed by atoms with Gasteiger partial charge in [0.25, 0.3) is 0 Å². The molecule has 28 heavy (non-hydrogen) atoms. The fourth-order valence-electron chi connectivity index (χ4n) is 2.79. The molecule has 4 nitrogen and oxygen atoms in total. The van der Waals surface area contributed by atoms with Crippen molar-refractivity contribution >= 4 is 16.7 Å². The second kappa shape index (κ2) is 9.57. The van der Waals surface area contributed by atoms with Crippen LogP contribution < -0.4 is 4.74 Å². The molecular formula is C24H23NO3. The Morgan fingerprint density at radius 3 is 2.57 bits per heavy atom. The Morgan fingerprint density at radius 1 is 1.00 bits per heavy atom. The Bertz CT molecular complexity index is 1010. The zero-order valence-electron chi connectivity index (χ0n) is 16.2. The molecule has 0 unspecified atom stereocenters. The number of fused-ring (bicyclic) bond motifs is 1. The van der Waals surface area contributed by atoms with Crippen LogP contribution >= 0.6 is 0 Å². The molecular weight excluding hydrogens is 350 g/mol. The molecule has 0 spiro atoms. The third kappa shape index (κ3) is 5.11. The molecule has 1 heterocycles. The second-order valence-electron chi connectivity index (χ2n) is 6.45. The summed E-state index contributed by atoms with van der Waals surface area (Å²) in [6.07, 6.45) is 5.12. The molecule has 0 atom stereocenters. The van der Waals surface area contributed by atoms with Gasteiger partial charge in [-0.1, -0.05) is 37.8 Å². The topological polar surface area (TPSA) is 48.4 Å². The van der Waals surface area contributed by atoms with E-state index < -0.39 is 0 Å². The fraction of sp³-hybridized carbons (Fsp3) is 0.250. The van der Waals surface area contributed by atoms with E-state index in [0.29, 0.717) is 11.3 Å². The molecule has 0 aliphatic heterocycles. The Morgan fingerprint density at radius 2 is 1.82 bits per heavy atom. The van der Waals surface area contributed by atoms with E-state index in [9.17, 15) is 4.79 Å². The van der Waals surface area contributed by atoms with Crippen LogP contribution in [0.2, 0.25) is 0 Å². The Labute approximate surface area is 165 Å². The van der Waals surface area contributed by atoms with Crippen LogP contribution in [0.1, 0.15) is 47.8 Å². The van der Waals surface area contributed by atoms with Crippen molar-refractivity contribution in [1.82, 2.24) is 4.98 Å². The van der Waals surface area contributed by atoms with Crippen molar-refractivity contribution in [2.75, 3.05) is 13.7 Å². The molecule has 0 bridgehead atoms. The number of pyridine rings is 1. The molecule has 0 N–H and O–H groups in total. The van der Waals surface area contributed by atoms with Crippen LogP contribution in [0.4, 0.5) is 0 Å². The van der Waals surface area contributed by atoms with Crippen molar-refractivity contribution in [2.24, 2.45) is 0 Å². The van der Waals surface area contributed by atoms with E-state index in [2.05, 4.69) is 23.7 Å². The molecule has 2 aromatic carbocycles. The van der Waals surface area contributed by atoms with Crippen molar-refractivity contribution in [3.8, 4) is 17.6 Å². The molecule has 0 radical (unpaired) electrons. The minimum absolute atomic E-state index is 0.338. The smallest absolute Gasteiger partial charge is 0.337 e. The summed E-state index contributed by atoms with van der Waals surface area (Å²) in [5.41, 5.74) is 2.12. The summed E-state index contributed by atoms with van der Waals surface area (Å²) in [5.74, 6) is 6.65. The quantitative estimate of drug-likeness (QED) is 0.347. The van der Waals surface area contributed by atoms with Gasteiger partial charge in [-0.15, -0.1) is 0 Å². The van der Waals surface area contributed by atoms with Crippen LogP contribution in [0.3, 0.4) is 0 Å². The van der Waals surface area contributed by atoms with E-state index in [4.69, 9.17) is 9.47 Å². The number of nitrogens with zero attached hydrogens (tertiary/aromatic N) is 1. The highest BCUT2D eigenvalue weighted by molar-refractivity contribution is 5.95. The minimum atomic E-state index is -0.338. The number of aromatic nitrogens is 1. The number of hydrogen-bond acceptors (Lipinski definition) is 4. The molecule has 0 saturated carbocycles. The van der Waals surface area contributed by atoms with Gasteiger partial charge in [0, 0.05) is 5.56 Å². The highest BCUT2D eigenvalue weighted by atomic mass is 16.5. The SMILES string of the molecule is CCCCCOc1ccc(C#Cc2ccc3cc(C(=O)OC)ccc3c2)nc1. The molecule has 142 valence electrons. The normalized spacial score (nSPS) is 10.2. The molecule has 0 fully saturated rings. The zero-order chi connectivity index (χ0) is 19.8. The summed E-state index contributed by atoms with van der Waals surface area (Å²) >= 11 is 0. The number of ether oxygens (including phenoxy) is 2. The van der Waals surface area contributed by atoms with Crippen molar-refractivity contribution < 1.29 is 14.3 Å². The lowest BCUT2D eigenvalue weighted by molar-refractivity contribution is 0.0601. The number of rotatable bonds is 6. The van der Waals surface area contributed by atoms with Gasteiger partial charge < -0.3 is 9.47 Å². The van der Waals surface area contributed by atoms with Crippen LogP contribution in [-0.2, 0) is 4.74 Å². The van der Waals surface area contributed by atoms with Gasteiger partial charge in [-0.05, 0) is 59.5 Å². The lowest BCUT2D eigenvalue weighted by Crippen LogP contribution is -2.00. The summed E-state index contributed by atoms with van der Waals surface area (Å²) in [4.78, 5) is 16.0. The van der Waals surface area contributed by atoms with Gasteiger partial charge in [-0.2, -0.15) is 0 Å². The lowest BCUT2D eigenvalue weighted by Gasteiger charge is -2.04. The monoisotopic (exact) mass is 373 g/mol. The maximum Gasteiger partial charge on any atom is 0.337 e. The van der Waals surface area contributed by atoms with Gasteiger partial charge in [-0.25, -0.2) is 9.78 Å². The molecule has 0 aliphatic rings. The molecule has 0 amide bonds. The second-order valence-corrected chi connectivity index (χ2v) is 6.45. The van der Waals surface area contributed by atoms with Gasteiger partial charge in [0.05, 0.1) is 25.5 Å². The summed E-state index contributed by atoms with van der Waals surface area (Å²) in [5, 5.41) is 1.99.